The number of fused-ring (bicyclic) bond motifs is 1. The highest BCUT2D eigenvalue weighted by Gasteiger charge is 2.45. The number of aromatic nitrogens is 3. The standard InChI is InChI=1S/C20H19BrFN7/c1-28-16-10-13(22)6-9-15(16)29(17(28)11-2-3-11)20-26-18(23)25-19(27-20)24-14-7-4-12(21)5-8-14/h4-11,17H,2-3H2,1H3,(H3,23,24,25,26,27). The molecule has 3 N–H and O–H groups in total. The van der Waals surface area contributed by atoms with E-state index in [4.69, 9.17) is 5.73 Å². The Balaban J connectivity index is 1.55. The van der Waals surface area contributed by atoms with Crippen molar-refractivity contribution in [2.45, 2.75) is 19.0 Å². The molecule has 1 aromatic heterocycles. The summed E-state index contributed by atoms with van der Waals surface area (Å²) in [5.41, 5.74) is 8.54. The van der Waals surface area contributed by atoms with Crippen LogP contribution in [-0.4, -0.2) is 28.2 Å². The molecule has 1 unspecified atom stereocenters. The van der Waals surface area contributed by atoms with Gasteiger partial charge in [-0.3, -0.25) is 4.90 Å². The number of halogens is 2. The minimum Gasteiger partial charge on any atom is -0.368 e. The van der Waals surface area contributed by atoms with Crippen LogP contribution in [0, 0.1) is 11.7 Å². The quantitative estimate of drug-likeness (QED) is 0.601. The molecule has 29 heavy (non-hydrogen) atoms. The van der Waals surface area contributed by atoms with E-state index in [1.54, 1.807) is 12.1 Å². The molecule has 0 radical (unpaired) electrons. The van der Waals surface area contributed by atoms with Gasteiger partial charge in [-0.25, -0.2) is 4.39 Å². The molecule has 1 fully saturated rings. The minimum atomic E-state index is -0.264. The SMILES string of the molecule is CN1c2cc(F)ccc2N(c2nc(N)nc(Nc3ccc(Br)cc3)n2)C1C1CC1. The summed E-state index contributed by atoms with van der Waals surface area (Å²) < 4.78 is 14.9. The van der Waals surface area contributed by atoms with Crippen molar-refractivity contribution in [1.82, 2.24) is 15.0 Å². The lowest BCUT2D eigenvalue weighted by molar-refractivity contribution is 0.584. The molecule has 2 aromatic carbocycles. The largest absolute Gasteiger partial charge is 0.368 e. The highest BCUT2D eigenvalue weighted by Crippen LogP contribution is 2.50. The predicted molar refractivity (Wildman–Crippen MR) is 115 cm³/mol. The number of anilines is 6. The Morgan fingerprint density at radius 2 is 1.83 bits per heavy atom. The van der Waals surface area contributed by atoms with E-state index in [1.165, 1.54) is 6.07 Å². The van der Waals surface area contributed by atoms with Crippen LogP contribution < -0.4 is 20.9 Å². The third-order valence-electron chi connectivity index (χ3n) is 5.24. The molecule has 1 aliphatic carbocycles. The Bertz CT molecular complexity index is 1070. The van der Waals surface area contributed by atoms with Crippen molar-refractivity contribution in [1.29, 1.82) is 0 Å². The van der Waals surface area contributed by atoms with Crippen molar-refractivity contribution < 1.29 is 4.39 Å². The van der Waals surface area contributed by atoms with Gasteiger partial charge in [0, 0.05) is 17.2 Å². The van der Waals surface area contributed by atoms with Crippen molar-refractivity contribution in [3.05, 3.63) is 52.8 Å². The van der Waals surface area contributed by atoms with Gasteiger partial charge in [-0.15, -0.1) is 0 Å². The van der Waals surface area contributed by atoms with Crippen LogP contribution in [-0.2, 0) is 0 Å². The van der Waals surface area contributed by atoms with Gasteiger partial charge in [-0.2, -0.15) is 15.0 Å². The van der Waals surface area contributed by atoms with Gasteiger partial charge in [0.25, 0.3) is 0 Å². The van der Waals surface area contributed by atoms with Gasteiger partial charge in [-0.1, -0.05) is 15.9 Å². The maximum Gasteiger partial charge on any atom is 0.238 e. The smallest absolute Gasteiger partial charge is 0.238 e. The molecular formula is C20H19BrFN7. The molecule has 3 aromatic rings. The number of nitrogen functional groups attached to an aromatic ring is 1. The summed E-state index contributed by atoms with van der Waals surface area (Å²) in [6, 6.07) is 12.5. The first-order valence-electron chi connectivity index (χ1n) is 9.35. The van der Waals surface area contributed by atoms with E-state index in [9.17, 15) is 4.39 Å². The Morgan fingerprint density at radius 3 is 2.55 bits per heavy atom. The number of hydrogen-bond acceptors (Lipinski definition) is 7. The molecule has 2 aliphatic rings. The number of nitrogens with one attached hydrogen (secondary N) is 1. The van der Waals surface area contributed by atoms with E-state index in [2.05, 4.69) is 41.1 Å². The van der Waals surface area contributed by atoms with Crippen molar-refractivity contribution >= 4 is 50.8 Å². The average Bonchev–Trinajstić information content (AvgIpc) is 3.48. The third kappa shape index (κ3) is 3.35. The molecule has 1 aliphatic heterocycles. The van der Waals surface area contributed by atoms with E-state index >= 15 is 0 Å². The van der Waals surface area contributed by atoms with E-state index in [0.29, 0.717) is 17.8 Å². The second-order valence-corrected chi connectivity index (χ2v) is 8.23. The molecule has 1 saturated carbocycles. The molecule has 148 valence electrons. The second-order valence-electron chi connectivity index (χ2n) is 7.31. The van der Waals surface area contributed by atoms with Gasteiger partial charge in [0.2, 0.25) is 17.8 Å². The van der Waals surface area contributed by atoms with Crippen LogP contribution in [0.5, 0.6) is 0 Å². The number of nitrogens with zero attached hydrogens (tertiary/aromatic N) is 5. The summed E-state index contributed by atoms with van der Waals surface area (Å²) in [4.78, 5) is 17.4. The fourth-order valence-electron chi connectivity index (χ4n) is 3.80. The first kappa shape index (κ1) is 18.1. The lowest BCUT2D eigenvalue weighted by Gasteiger charge is -2.29. The van der Waals surface area contributed by atoms with Crippen molar-refractivity contribution in [2.75, 3.05) is 27.9 Å². The maximum atomic E-state index is 13.9. The molecule has 0 bridgehead atoms. The maximum absolute atomic E-state index is 13.9. The number of benzene rings is 2. The van der Waals surface area contributed by atoms with Crippen molar-refractivity contribution in [2.24, 2.45) is 5.92 Å². The first-order chi connectivity index (χ1) is 14.0. The Hall–Kier alpha value is -2.94. The molecule has 7 nitrogen and oxygen atoms in total. The highest BCUT2D eigenvalue weighted by atomic mass is 79.9. The van der Waals surface area contributed by atoms with Crippen LogP contribution in [0.4, 0.5) is 39.3 Å². The number of nitrogens with two attached hydrogens (primary N) is 1. The summed E-state index contributed by atoms with van der Waals surface area (Å²) in [6.07, 6.45) is 2.26. The van der Waals surface area contributed by atoms with Crippen LogP contribution in [0.3, 0.4) is 0 Å². The van der Waals surface area contributed by atoms with Crippen LogP contribution in [0.25, 0.3) is 0 Å². The Labute approximate surface area is 175 Å². The molecule has 5 rings (SSSR count). The average molecular weight is 456 g/mol. The lowest BCUT2D eigenvalue weighted by atomic mass is 10.2. The van der Waals surface area contributed by atoms with Gasteiger partial charge in [0.15, 0.2) is 0 Å². The van der Waals surface area contributed by atoms with Gasteiger partial charge < -0.3 is 16.0 Å². The predicted octanol–water partition coefficient (Wildman–Crippen LogP) is 4.42. The zero-order valence-electron chi connectivity index (χ0n) is 15.7. The zero-order chi connectivity index (χ0) is 20.1. The monoisotopic (exact) mass is 455 g/mol. The van der Waals surface area contributed by atoms with Crippen LogP contribution >= 0.6 is 15.9 Å². The highest BCUT2D eigenvalue weighted by molar-refractivity contribution is 9.10. The van der Waals surface area contributed by atoms with Gasteiger partial charge in [0.05, 0.1) is 11.4 Å². The lowest BCUT2D eigenvalue weighted by Crippen LogP contribution is -2.41. The minimum absolute atomic E-state index is 0.0223. The van der Waals surface area contributed by atoms with Gasteiger partial charge in [0.1, 0.15) is 12.0 Å². The number of hydrogen-bond donors (Lipinski definition) is 2. The number of rotatable bonds is 4. The van der Waals surface area contributed by atoms with Crippen LogP contribution in [0.15, 0.2) is 46.9 Å². The van der Waals surface area contributed by atoms with E-state index in [1.807, 2.05) is 36.2 Å². The second kappa shape index (κ2) is 6.84. The van der Waals surface area contributed by atoms with Crippen molar-refractivity contribution in [3.63, 3.8) is 0 Å². The van der Waals surface area contributed by atoms with Crippen LogP contribution in [0.1, 0.15) is 12.8 Å². The molecule has 1 atom stereocenters. The summed E-state index contributed by atoms with van der Waals surface area (Å²) in [5, 5.41) is 3.18. The zero-order valence-corrected chi connectivity index (χ0v) is 17.3. The summed E-state index contributed by atoms with van der Waals surface area (Å²) in [7, 11) is 1.98. The normalized spacial score (nSPS) is 18.1. The van der Waals surface area contributed by atoms with E-state index < -0.39 is 0 Å². The van der Waals surface area contributed by atoms with Gasteiger partial charge >= 0.3 is 0 Å². The van der Waals surface area contributed by atoms with Gasteiger partial charge in [-0.05, 0) is 61.2 Å². The Kier molecular flexibility index (Phi) is 4.27. The molecular weight excluding hydrogens is 437 g/mol. The topological polar surface area (TPSA) is 83.2 Å². The van der Waals surface area contributed by atoms with Crippen molar-refractivity contribution in [3.8, 4) is 0 Å². The summed E-state index contributed by atoms with van der Waals surface area (Å²) in [6.45, 7) is 0. The van der Waals surface area contributed by atoms with Crippen LogP contribution in [0.2, 0.25) is 0 Å². The fraction of sp³-hybridized carbons (Fsp3) is 0.250. The molecule has 2 heterocycles. The summed E-state index contributed by atoms with van der Waals surface area (Å²) in [5.74, 6) is 1.15. The van der Waals surface area contributed by atoms with E-state index in [0.717, 1.165) is 34.4 Å². The van der Waals surface area contributed by atoms with E-state index in [-0.39, 0.29) is 17.9 Å². The molecule has 0 amide bonds. The molecule has 0 spiro atoms. The first-order valence-corrected chi connectivity index (χ1v) is 10.1. The summed E-state index contributed by atoms with van der Waals surface area (Å²) >= 11 is 3.42. The fourth-order valence-corrected chi connectivity index (χ4v) is 4.06. The Morgan fingerprint density at radius 1 is 1.07 bits per heavy atom. The molecule has 9 heteroatoms. The molecule has 0 saturated heterocycles. The third-order valence-corrected chi connectivity index (χ3v) is 5.77.